The van der Waals surface area contributed by atoms with E-state index in [1.165, 1.54) is 6.42 Å². The molecule has 4 heteroatoms. The summed E-state index contributed by atoms with van der Waals surface area (Å²) in [6, 6.07) is 7.02. The molecular formula is C17H24N2O2. The van der Waals surface area contributed by atoms with Gasteiger partial charge in [0.1, 0.15) is 0 Å². The fraction of sp³-hybridized carbons (Fsp3) is 0.529. The Morgan fingerprint density at radius 1 is 1.14 bits per heavy atom. The lowest BCUT2D eigenvalue weighted by molar-refractivity contribution is 0.0724. The Balaban J connectivity index is 2.06. The molecule has 114 valence electrons. The minimum absolute atomic E-state index is 0.0354. The van der Waals surface area contributed by atoms with E-state index in [9.17, 15) is 9.59 Å². The van der Waals surface area contributed by atoms with Crippen molar-refractivity contribution in [2.75, 3.05) is 19.6 Å². The summed E-state index contributed by atoms with van der Waals surface area (Å²) < 4.78 is 0. The zero-order chi connectivity index (χ0) is 15.2. The van der Waals surface area contributed by atoms with E-state index in [-0.39, 0.29) is 11.8 Å². The number of nitrogens with zero attached hydrogens (tertiary/aromatic N) is 1. The van der Waals surface area contributed by atoms with Gasteiger partial charge in [-0.05, 0) is 43.4 Å². The van der Waals surface area contributed by atoms with Gasteiger partial charge in [0.05, 0.1) is 0 Å². The van der Waals surface area contributed by atoms with Crippen LogP contribution in [-0.2, 0) is 0 Å². The van der Waals surface area contributed by atoms with E-state index in [2.05, 4.69) is 19.2 Å². The van der Waals surface area contributed by atoms with Crippen LogP contribution in [0.25, 0.3) is 0 Å². The fourth-order valence-corrected chi connectivity index (χ4v) is 2.47. The van der Waals surface area contributed by atoms with Crippen LogP contribution in [0.15, 0.2) is 24.3 Å². The second kappa shape index (κ2) is 7.25. The molecule has 1 aliphatic heterocycles. The summed E-state index contributed by atoms with van der Waals surface area (Å²) in [7, 11) is 0. The molecule has 0 bridgehead atoms. The maximum atomic E-state index is 12.4. The highest BCUT2D eigenvalue weighted by molar-refractivity contribution is 5.99. The molecule has 1 aromatic carbocycles. The molecule has 1 fully saturated rings. The standard InChI is InChI=1S/C17H24N2O2/c1-13(2)12-18-16(20)14-7-6-8-15(11-14)17(21)19-9-4-3-5-10-19/h6-8,11,13H,3-5,9-10,12H2,1-2H3,(H,18,20). The highest BCUT2D eigenvalue weighted by Gasteiger charge is 2.19. The third kappa shape index (κ3) is 4.31. The molecule has 0 aromatic heterocycles. The maximum Gasteiger partial charge on any atom is 0.253 e. The number of hydrogen-bond donors (Lipinski definition) is 1. The molecule has 2 rings (SSSR count). The van der Waals surface area contributed by atoms with Gasteiger partial charge in [-0.3, -0.25) is 9.59 Å². The molecule has 1 N–H and O–H groups in total. The molecule has 2 amide bonds. The summed E-state index contributed by atoms with van der Waals surface area (Å²) in [5, 5.41) is 2.88. The number of hydrogen-bond acceptors (Lipinski definition) is 2. The summed E-state index contributed by atoms with van der Waals surface area (Å²) in [4.78, 5) is 26.4. The van der Waals surface area contributed by atoms with Crippen molar-refractivity contribution >= 4 is 11.8 Å². The quantitative estimate of drug-likeness (QED) is 0.926. The second-order valence-electron chi connectivity index (χ2n) is 6.04. The van der Waals surface area contributed by atoms with Gasteiger partial charge in [-0.2, -0.15) is 0 Å². The van der Waals surface area contributed by atoms with Crippen LogP contribution in [0.5, 0.6) is 0 Å². The van der Waals surface area contributed by atoms with E-state index in [0.29, 0.717) is 23.6 Å². The van der Waals surface area contributed by atoms with E-state index >= 15 is 0 Å². The van der Waals surface area contributed by atoms with Gasteiger partial charge in [-0.1, -0.05) is 19.9 Å². The Bertz CT molecular complexity index is 505. The van der Waals surface area contributed by atoms with Gasteiger partial charge in [0.15, 0.2) is 0 Å². The van der Waals surface area contributed by atoms with Crippen LogP contribution in [0.2, 0.25) is 0 Å². The van der Waals surface area contributed by atoms with Crippen molar-refractivity contribution in [3.05, 3.63) is 35.4 Å². The molecular weight excluding hydrogens is 264 g/mol. The first-order valence-corrected chi connectivity index (χ1v) is 7.75. The van der Waals surface area contributed by atoms with Gasteiger partial charge in [-0.25, -0.2) is 0 Å². The summed E-state index contributed by atoms with van der Waals surface area (Å²) in [5.74, 6) is 0.331. The highest BCUT2D eigenvalue weighted by atomic mass is 16.2. The van der Waals surface area contributed by atoms with Crippen LogP contribution >= 0.6 is 0 Å². The van der Waals surface area contributed by atoms with Crippen molar-refractivity contribution in [3.63, 3.8) is 0 Å². The minimum atomic E-state index is -0.114. The number of nitrogens with one attached hydrogen (secondary N) is 1. The lowest BCUT2D eigenvalue weighted by Gasteiger charge is -2.26. The molecule has 21 heavy (non-hydrogen) atoms. The average molecular weight is 288 g/mol. The van der Waals surface area contributed by atoms with Crippen LogP contribution in [0, 0.1) is 5.92 Å². The van der Waals surface area contributed by atoms with Crippen LogP contribution in [0.3, 0.4) is 0 Å². The summed E-state index contributed by atoms with van der Waals surface area (Å²) >= 11 is 0. The van der Waals surface area contributed by atoms with Crippen molar-refractivity contribution in [1.82, 2.24) is 10.2 Å². The summed E-state index contributed by atoms with van der Waals surface area (Å²) in [6.45, 7) is 6.39. The van der Waals surface area contributed by atoms with E-state index in [1.54, 1.807) is 24.3 Å². The van der Waals surface area contributed by atoms with Gasteiger partial charge < -0.3 is 10.2 Å². The third-order valence-corrected chi connectivity index (χ3v) is 3.69. The normalized spacial score (nSPS) is 15.1. The van der Waals surface area contributed by atoms with Crippen molar-refractivity contribution in [2.45, 2.75) is 33.1 Å². The predicted molar refractivity (Wildman–Crippen MR) is 83.4 cm³/mol. The summed E-state index contributed by atoms with van der Waals surface area (Å²) in [5.41, 5.74) is 1.16. The van der Waals surface area contributed by atoms with Crippen LogP contribution in [0.4, 0.5) is 0 Å². The monoisotopic (exact) mass is 288 g/mol. The molecule has 0 aliphatic carbocycles. The van der Waals surface area contributed by atoms with Gasteiger partial charge in [-0.15, -0.1) is 0 Å². The smallest absolute Gasteiger partial charge is 0.253 e. The zero-order valence-electron chi connectivity index (χ0n) is 12.9. The number of rotatable bonds is 4. The van der Waals surface area contributed by atoms with E-state index in [0.717, 1.165) is 25.9 Å². The molecule has 0 atom stereocenters. The SMILES string of the molecule is CC(C)CNC(=O)c1cccc(C(=O)N2CCCCC2)c1. The minimum Gasteiger partial charge on any atom is -0.352 e. The molecule has 1 aromatic rings. The predicted octanol–water partition coefficient (Wildman–Crippen LogP) is 2.70. The first kappa shape index (κ1) is 15.5. The van der Waals surface area contributed by atoms with Crippen molar-refractivity contribution in [3.8, 4) is 0 Å². The third-order valence-electron chi connectivity index (χ3n) is 3.69. The average Bonchev–Trinajstić information content (AvgIpc) is 2.52. The highest BCUT2D eigenvalue weighted by Crippen LogP contribution is 2.14. The number of carbonyl (C=O) groups is 2. The Morgan fingerprint density at radius 3 is 2.48 bits per heavy atom. The maximum absolute atomic E-state index is 12.4. The van der Waals surface area contributed by atoms with Gasteiger partial charge in [0, 0.05) is 30.8 Å². The van der Waals surface area contributed by atoms with Crippen LogP contribution in [-0.4, -0.2) is 36.3 Å². The molecule has 1 aliphatic rings. The number of likely N-dealkylation sites (tertiary alicyclic amines) is 1. The lowest BCUT2D eigenvalue weighted by atomic mass is 10.1. The Labute approximate surface area is 126 Å². The van der Waals surface area contributed by atoms with Crippen LogP contribution < -0.4 is 5.32 Å². The molecule has 0 saturated carbocycles. The molecule has 0 spiro atoms. The Kier molecular flexibility index (Phi) is 5.37. The summed E-state index contributed by atoms with van der Waals surface area (Å²) in [6.07, 6.45) is 3.34. The van der Waals surface area contributed by atoms with Gasteiger partial charge in [0.25, 0.3) is 11.8 Å². The van der Waals surface area contributed by atoms with Crippen molar-refractivity contribution in [2.24, 2.45) is 5.92 Å². The molecule has 4 nitrogen and oxygen atoms in total. The van der Waals surface area contributed by atoms with E-state index < -0.39 is 0 Å². The first-order chi connectivity index (χ1) is 10.1. The van der Waals surface area contributed by atoms with Crippen LogP contribution in [0.1, 0.15) is 53.8 Å². The van der Waals surface area contributed by atoms with E-state index in [1.807, 2.05) is 4.90 Å². The van der Waals surface area contributed by atoms with Gasteiger partial charge in [0.2, 0.25) is 0 Å². The molecule has 1 heterocycles. The van der Waals surface area contributed by atoms with Gasteiger partial charge >= 0.3 is 0 Å². The number of piperidine rings is 1. The van der Waals surface area contributed by atoms with Crippen molar-refractivity contribution < 1.29 is 9.59 Å². The van der Waals surface area contributed by atoms with Crippen molar-refractivity contribution in [1.29, 1.82) is 0 Å². The molecule has 1 saturated heterocycles. The topological polar surface area (TPSA) is 49.4 Å². The fourth-order valence-electron chi connectivity index (χ4n) is 2.47. The molecule has 0 unspecified atom stereocenters. The largest absolute Gasteiger partial charge is 0.352 e. The second-order valence-corrected chi connectivity index (χ2v) is 6.04. The molecule has 0 radical (unpaired) electrons. The lowest BCUT2D eigenvalue weighted by Crippen LogP contribution is -2.35. The Hall–Kier alpha value is -1.84. The number of benzene rings is 1. The zero-order valence-corrected chi connectivity index (χ0v) is 12.9. The number of carbonyl (C=O) groups excluding carboxylic acids is 2. The first-order valence-electron chi connectivity index (χ1n) is 7.75. The van der Waals surface area contributed by atoms with E-state index in [4.69, 9.17) is 0 Å². The Morgan fingerprint density at radius 2 is 1.81 bits per heavy atom. The number of amides is 2.